The van der Waals surface area contributed by atoms with Gasteiger partial charge in [0.05, 0.1) is 11.9 Å². The number of fused-ring (bicyclic) bond motifs is 1. The van der Waals surface area contributed by atoms with E-state index in [4.69, 9.17) is 0 Å². The van der Waals surface area contributed by atoms with Crippen LogP contribution >= 0.6 is 0 Å². The molecule has 1 aliphatic rings. The van der Waals surface area contributed by atoms with Crippen LogP contribution in [0.1, 0.15) is 35.6 Å². The number of anilines is 1. The number of hydrogen-bond acceptors (Lipinski definition) is 3. The third-order valence-corrected chi connectivity index (χ3v) is 6.68. The Hall–Kier alpha value is -2.34. The van der Waals surface area contributed by atoms with Crippen molar-refractivity contribution in [2.45, 2.75) is 46.2 Å². The molecular weight excluding hydrogens is 372 g/mol. The fraction of sp³-hybridized carbons (Fsp3) is 0.409. The van der Waals surface area contributed by atoms with Crippen LogP contribution in [0, 0.1) is 13.8 Å². The number of carbonyl (C=O) groups excluding carboxylic acids is 1. The van der Waals surface area contributed by atoms with Crippen LogP contribution in [0.3, 0.4) is 0 Å². The number of hydrogen-bond donors (Lipinski definition) is 0. The molecule has 1 atom stereocenters. The Balaban J connectivity index is 1.94. The van der Waals surface area contributed by atoms with Gasteiger partial charge in [0, 0.05) is 13.1 Å². The van der Waals surface area contributed by atoms with E-state index >= 15 is 0 Å². The molecule has 0 fully saturated rings. The number of sulfonamides is 1. The summed E-state index contributed by atoms with van der Waals surface area (Å²) in [5, 5.41) is 0. The van der Waals surface area contributed by atoms with E-state index in [0.717, 1.165) is 23.1 Å². The molecule has 5 nitrogen and oxygen atoms in total. The highest BCUT2D eigenvalue weighted by atomic mass is 32.2. The summed E-state index contributed by atoms with van der Waals surface area (Å²) in [6.07, 6.45) is 2.38. The molecule has 1 aliphatic heterocycles. The van der Waals surface area contributed by atoms with Crippen molar-refractivity contribution in [2.24, 2.45) is 0 Å². The quantitative estimate of drug-likeness (QED) is 0.773. The van der Waals surface area contributed by atoms with E-state index in [1.807, 2.05) is 51.1 Å². The fourth-order valence-electron chi connectivity index (χ4n) is 3.80. The Morgan fingerprint density at radius 3 is 2.39 bits per heavy atom. The molecule has 1 unspecified atom stereocenters. The molecule has 0 saturated carbocycles. The summed E-state index contributed by atoms with van der Waals surface area (Å²) in [7, 11) is -3.62. The van der Waals surface area contributed by atoms with Gasteiger partial charge in [-0.3, -0.25) is 9.10 Å². The molecule has 0 spiro atoms. The van der Waals surface area contributed by atoms with Crippen LogP contribution in [0.15, 0.2) is 42.5 Å². The smallest absolute Gasteiger partial charge is 0.246 e. The van der Waals surface area contributed by atoms with Crippen LogP contribution in [0.4, 0.5) is 5.69 Å². The van der Waals surface area contributed by atoms with Gasteiger partial charge in [-0.15, -0.1) is 0 Å². The van der Waals surface area contributed by atoms with E-state index in [1.165, 1.54) is 16.1 Å². The molecule has 0 aliphatic carbocycles. The molecule has 0 radical (unpaired) electrons. The molecule has 0 N–H and O–H groups in total. The van der Waals surface area contributed by atoms with E-state index < -0.39 is 16.1 Å². The Labute approximate surface area is 168 Å². The minimum absolute atomic E-state index is 0.138. The third kappa shape index (κ3) is 4.07. The van der Waals surface area contributed by atoms with Crippen molar-refractivity contribution in [3.05, 3.63) is 64.7 Å². The van der Waals surface area contributed by atoms with Crippen molar-refractivity contribution in [3.63, 3.8) is 0 Å². The normalized spacial score (nSPS) is 15.1. The second-order valence-corrected chi connectivity index (χ2v) is 9.39. The minimum Gasteiger partial charge on any atom is -0.336 e. The summed E-state index contributed by atoms with van der Waals surface area (Å²) in [4.78, 5) is 15.2. The number of rotatable bonds is 5. The highest BCUT2D eigenvalue weighted by molar-refractivity contribution is 7.92. The number of nitrogens with zero attached hydrogens (tertiary/aromatic N) is 2. The zero-order valence-electron chi connectivity index (χ0n) is 17.0. The van der Waals surface area contributed by atoms with E-state index in [-0.39, 0.29) is 5.91 Å². The van der Waals surface area contributed by atoms with Gasteiger partial charge >= 0.3 is 0 Å². The van der Waals surface area contributed by atoms with Gasteiger partial charge in [0.2, 0.25) is 15.9 Å². The standard InChI is InChI=1S/C22H28N2O3S/c1-5-21(22(25)23-13-12-18-8-6-7-9-19(18)15-23)24(28(4,26)27)20-11-10-16(2)17(3)14-20/h6-11,14,21H,5,12-13,15H2,1-4H3. The lowest BCUT2D eigenvalue weighted by Gasteiger charge is -2.36. The predicted molar refractivity (Wildman–Crippen MR) is 113 cm³/mol. The molecule has 2 aromatic carbocycles. The number of benzene rings is 2. The second-order valence-electron chi connectivity index (χ2n) is 7.53. The lowest BCUT2D eigenvalue weighted by Crippen LogP contribution is -2.51. The summed E-state index contributed by atoms with van der Waals surface area (Å²) in [5.41, 5.74) is 5.02. The maximum Gasteiger partial charge on any atom is 0.246 e. The first kappa shape index (κ1) is 20.4. The summed E-state index contributed by atoms with van der Waals surface area (Å²) in [6.45, 7) is 6.92. The molecule has 3 rings (SSSR count). The van der Waals surface area contributed by atoms with Crippen LogP contribution in [-0.2, 0) is 27.8 Å². The molecule has 28 heavy (non-hydrogen) atoms. The summed E-state index contributed by atoms with van der Waals surface area (Å²) in [5.74, 6) is -0.138. The van der Waals surface area contributed by atoms with Gasteiger partial charge < -0.3 is 4.90 Å². The zero-order valence-corrected chi connectivity index (χ0v) is 17.8. The van der Waals surface area contributed by atoms with E-state index in [0.29, 0.717) is 25.2 Å². The van der Waals surface area contributed by atoms with E-state index in [1.54, 1.807) is 11.0 Å². The first-order valence-corrected chi connectivity index (χ1v) is 11.5. The lowest BCUT2D eigenvalue weighted by molar-refractivity contribution is -0.133. The van der Waals surface area contributed by atoms with Crippen molar-refractivity contribution in [1.82, 2.24) is 4.90 Å². The Bertz CT molecular complexity index is 985. The van der Waals surface area contributed by atoms with Crippen LogP contribution in [0.2, 0.25) is 0 Å². The molecule has 1 heterocycles. The van der Waals surface area contributed by atoms with Gasteiger partial charge in [-0.2, -0.15) is 0 Å². The highest BCUT2D eigenvalue weighted by Gasteiger charge is 2.35. The fourth-order valence-corrected chi connectivity index (χ4v) is 5.00. The second kappa shape index (κ2) is 7.95. The molecule has 0 aromatic heterocycles. The molecule has 0 bridgehead atoms. The van der Waals surface area contributed by atoms with Crippen molar-refractivity contribution in [1.29, 1.82) is 0 Å². The molecule has 1 amide bonds. The Morgan fingerprint density at radius 2 is 1.79 bits per heavy atom. The Kier molecular flexibility index (Phi) is 5.79. The van der Waals surface area contributed by atoms with Crippen LogP contribution in [0.25, 0.3) is 0 Å². The summed E-state index contributed by atoms with van der Waals surface area (Å²) in [6, 6.07) is 12.9. The van der Waals surface area contributed by atoms with Crippen LogP contribution < -0.4 is 4.31 Å². The van der Waals surface area contributed by atoms with Crippen molar-refractivity contribution >= 4 is 21.6 Å². The average Bonchev–Trinajstić information content (AvgIpc) is 2.66. The summed E-state index contributed by atoms with van der Waals surface area (Å²) >= 11 is 0. The summed E-state index contributed by atoms with van der Waals surface area (Å²) < 4.78 is 26.6. The zero-order chi connectivity index (χ0) is 20.5. The Morgan fingerprint density at radius 1 is 1.11 bits per heavy atom. The molecular formula is C22H28N2O3S. The third-order valence-electron chi connectivity index (χ3n) is 5.50. The van der Waals surface area contributed by atoms with Gasteiger partial charge in [-0.05, 0) is 61.1 Å². The van der Waals surface area contributed by atoms with Crippen molar-refractivity contribution in [2.75, 3.05) is 17.1 Å². The first-order valence-electron chi connectivity index (χ1n) is 9.64. The van der Waals surface area contributed by atoms with Gasteiger partial charge in [-0.1, -0.05) is 37.3 Å². The maximum absolute atomic E-state index is 13.4. The largest absolute Gasteiger partial charge is 0.336 e. The number of amides is 1. The monoisotopic (exact) mass is 400 g/mol. The first-order chi connectivity index (χ1) is 13.2. The SMILES string of the molecule is CCC(C(=O)N1CCc2ccccc2C1)N(c1ccc(C)c(C)c1)S(C)(=O)=O. The molecule has 0 saturated heterocycles. The average molecular weight is 401 g/mol. The maximum atomic E-state index is 13.4. The van der Waals surface area contributed by atoms with Gasteiger partial charge in [-0.25, -0.2) is 8.42 Å². The molecule has 2 aromatic rings. The van der Waals surface area contributed by atoms with E-state index in [9.17, 15) is 13.2 Å². The van der Waals surface area contributed by atoms with Crippen LogP contribution in [-0.4, -0.2) is 38.1 Å². The van der Waals surface area contributed by atoms with E-state index in [2.05, 4.69) is 6.07 Å². The molecule has 150 valence electrons. The lowest BCUT2D eigenvalue weighted by atomic mass is 9.99. The van der Waals surface area contributed by atoms with Crippen LogP contribution in [0.5, 0.6) is 0 Å². The topological polar surface area (TPSA) is 57.7 Å². The predicted octanol–water partition coefficient (Wildman–Crippen LogP) is 3.43. The minimum atomic E-state index is -3.62. The van der Waals surface area contributed by atoms with Gasteiger partial charge in [0.15, 0.2) is 0 Å². The number of aryl methyl sites for hydroxylation is 2. The highest BCUT2D eigenvalue weighted by Crippen LogP contribution is 2.27. The van der Waals surface area contributed by atoms with Gasteiger partial charge in [0.1, 0.15) is 6.04 Å². The molecule has 6 heteroatoms. The van der Waals surface area contributed by atoms with Gasteiger partial charge in [0.25, 0.3) is 0 Å². The number of carbonyl (C=O) groups is 1. The van der Waals surface area contributed by atoms with Crippen molar-refractivity contribution in [3.8, 4) is 0 Å². The van der Waals surface area contributed by atoms with Crippen molar-refractivity contribution < 1.29 is 13.2 Å².